The van der Waals surface area contributed by atoms with Crippen LogP contribution in [0.1, 0.15) is 23.7 Å². The molecule has 0 radical (unpaired) electrons. The molecule has 0 aliphatic carbocycles. The molecule has 2 aromatic rings. The van der Waals surface area contributed by atoms with Crippen molar-refractivity contribution in [3.05, 3.63) is 28.7 Å². The first-order valence-electron chi connectivity index (χ1n) is 5.22. The molecule has 1 N–H and O–H groups in total. The molecule has 6 heteroatoms. The van der Waals surface area contributed by atoms with Gasteiger partial charge < -0.3 is 5.32 Å². The van der Waals surface area contributed by atoms with Crippen molar-refractivity contribution in [2.75, 3.05) is 6.54 Å². The zero-order valence-electron chi connectivity index (χ0n) is 9.42. The zero-order chi connectivity index (χ0) is 11.4. The summed E-state index contributed by atoms with van der Waals surface area (Å²) in [5.74, 6) is 0.881. The van der Waals surface area contributed by atoms with Crippen molar-refractivity contribution >= 4 is 11.3 Å². The van der Waals surface area contributed by atoms with E-state index in [1.54, 1.807) is 22.3 Å². The Kier molecular flexibility index (Phi) is 3.63. The van der Waals surface area contributed by atoms with E-state index in [1.807, 2.05) is 18.8 Å². The van der Waals surface area contributed by atoms with Gasteiger partial charge in [0.1, 0.15) is 6.33 Å². The molecule has 0 aliphatic rings. The number of nitrogens with one attached hydrogen (secondary N) is 1. The minimum absolute atomic E-state index is 0.344. The molecular formula is C10H15N5S. The number of nitrogens with zero attached hydrogens (tertiary/aromatic N) is 4. The average Bonchev–Trinajstić information content (AvgIpc) is 2.89. The van der Waals surface area contributed by atoms with Gasteiger partial charge in [-0.15, -0.1) is 11.3 Å². The lowest BCUT2D eigenvalue weighted by molar-refractivity contribution is 0.575. The highest BCUT2D eigenvalue weighted by Crippen LogP contribution is 2.15. The van der Waals surface area contributed by atoms with E-state index in [9.17, 15) is 0 Å². The van der Waals surface area contributed by atoms with E-state index in [2.05, 4.69) is 27.3 Å². The molecule has 0 saturated carbocycles. The normalized spacial score (nSPS) is 12.9. The van der Waals surface area contributed by atoms with Crippen molar-refractivity contribution in [1.82, 2.24) is 25.1 Å². The van der Waals surface area contributed by atoms with Crippen LogP contribution in [0.3, 0.4) is 0 Å². The molecule has 0 fully saturated rings. The van der Waals surface area contributed by atoms with E-state index in [-0.39, 0.29) is 0 Å². The Morgan fingerprint density at radius 2 is 2.44 bits per heavy atom. The van der Waals surface area contributed by atoms with Gasteiger partial charge in [-0.1, -0.05) is 0 Å². The van der Waals surface area contributed by atoms with E-state index in [1.165, 1.54) is 4.88 Å². The van der Waals surface area contributed by atoms with Crippen LogP contribution in [0.15, 0.2) is 18.0 Å². The second-order valence-corrected chi connectivity index (χ2v) is 4.58. The number of hydrogen-bond acceptors (Lipinski definition) is 5. The fraction of sp³-hybridized carbons (Fsp3) is 0.500. The van der Waals surface area contributed by atoms with Gasteiger partial charge in [0.05, 0.1) is 5.51 Å². The summed E-state index contributed by atoms with van der Waals surface area (Å²) < 4.78 is 1.72. The van der Waals surface area contributed by atoms with Crippen molar-refractivity contribution < 1.29 is 0 Å². The van der Waals surface area contributed by atoms with E-state index in [0.29, 0.717) is 6.04 Å². The quantitative estimate of drug-likeness (QED) is 0.848. The number of thiazole rings is 1. The number of aryl methyl sites for hydroxylation is 1. The highest BCUT2D eigenvalue weighted by atomic mass is 32.1. The van der Waals surface area contributed by atoms with Crippen LogP contribution in [0.5, 0.6) is 0 Å². The van der Waals surface area contributed by atoms with Crippen molar-refractivity contribution in [3.8, 4) is 0 Å². The maximum atomic E-state index is 4.23. The third kappa shape index (κ3) is 2.86. The molecule has 16 heavy (non-hydrogen) atoms. The Balaban J connectivity index is 1.76. The second-order valence-electron chi connectivity index (χ2n) is 3.66. The molecule has 1 unspecified atom stereocenters. The van der Waals surface area contributed by atoms with Gasteiger partial charge >= 0.3 is 0 Å². The van der Waals surface area contributed by atoms with Gasteiger partial charge in [0.15, 0.2) is 5.82 Å². The van der Waals surface area contributed by atoms with Gasteiger partial charge in [0.25, 0.3) is 0 Å². The largest absolute Gasteiger partial charge is 0.309 e. The summed E-state index contributed by atoms with van der Waals surface area (Å²) in [6, 6.07) is 0.344. The lowest BCUT2D eigenvalue weighted by Gasteiger charge is -2.09. The van der Waals surface area contributed by atoms with Crippen LogP contribution in [-0.2, 0) is 13.5 Å². The molecule has 2 rings (SSSR count). The highest BCUT2D eigenvalue weighted by molar-refractivity contribution is 7.09. The standard InChI is InChI=1S/C10H15N5S/c1-8(9-5-11-7-16-9)12-4-3-10-13-6-15(2)14-10/h5-8,12H,3-4H2,1-2H3. The van der Waals surface area contributed by atoms with E-state index >= 15 is 0 Å². The fourth-order valence-corrected chi connectivity index (χ4v) is 2.09. The fourth-order valence-electron chi connectivity index (χ4n) is 1.44. The number of hydrogen-bond donors (Lipinski definition) is 1. The molecule has 2 heterocycles. The molecule has 0 aromatic carbocycles. The lowest BCUT2D eigenvalue weighted by atomic mass is 10.3. The van der Waals surface area contributed by atoms with Crippen LogP contribution >= 0.6 is 11.3 Å². The highest BCUT2D eigenvalue weighted by Gasteiger charge is 2.06. The summed E-state index contributed by atoms with van der Waals surface area (Å²) in [4.78, 5) is 9.50. The van der Waals surface area contributed by atoms with Crippen LogP contribution in [0, 0.1) is 0 Å². The Hall–Kier alpha value is -1.27. The van der Waals surface area contributed by atoms with Crippen molar-refractivity contribution in [2.24, 2.45) is 7.05 Å². The molecule has 5 nitrogen and oxygen atoms in total. The summed E-state index contributed by atoms with van der Waals surface area (Å²) in [5.41, 5.74) is 1.85. The van der Waals surface area contributed by atoms with E-state index in [4.69, 9.17) is 0 Å². The van der Waals surface area contributed by atoms with Crippen LogP contribution in [0.25, 0.3) is 0 Å². The van der Waals surface area contributed by atoms with Crippen LogP contribution < -0.4 is 5.32 Å². The molecule has 0 bridgehead atoms. The smallest absolute Gasteiger partial charge is 0.151 e. The SMILES string of the molecule is CC(NCCc1ncn(C)n1)c1cncs1. The van der Waals surface area contributed by atoms with Gasteiger partial charge in [-0.05, 0) is 6.92 Å². The lowest BCUT2D eigenvalue weighted by Crippen LogP contribution is -2.21. The summed E-state index contributed by atoms with van der Waals surface area (Å²) in [5, 5.41) is 7.65. The molecular weight excluding hydrogens is 222 g/mol. The minimum atomic E-state index is 0.344. The van der Waals surface area contributed by atoms with Crippen molar-refractivity contribution in [2.45, 2.75) is 19.4 Å². The monoisotopic (exact) mass is 237 g/mol. The zero-order valence-corrected chi connectivity index (χ0v) is 10.2. The molecule has 86 valence electrons. The average molecular weight is 237 g/mol. The predicted octanol–water partition coefficient (Wildman–Crippen LogP) is 1.16. The van der Waals surface area contributed by atoms with Gasteiger partial charge in [0.2, 0.25) is 0 Å². The van der Waals surface area contributed by atoms with E-state index < -0.39 is 0 Å². The summed E-state index contributed by atoms with van der Waals surface area (Å²) >= 11 is 1.67. The first-order valence-corrected chi connectivity index (χ1v) is 6.10. The van der Waals surface area contributed by atoms with Crippen molar-refractivity contribution in [1.29, 1.82) is 0 Å². The molecule has 0 amide bonds. The van der Waals surface area contributed by atoms with Gasteiger partial charge in [-0.25, -0.2) is 4.98 Å². The Labute approximate surface area is 98.5 Å². The Morgan fingerprint density at radius 1 is 1.56 bits per heavy atom. The maximum absolute atomic E-state index is 4.23. The molecule has 1 atom stereocenters. The molecule has 0 saturated heterocycles. The third-order valence-electron chi connectivity index (χ3n) is 2.32. The predicted molar refractivity (Wildman–Crippen MR) is 63.2 cm³/mol. The van der Waals surface area contributed by atoms with Gasteiger partial charge in [-0.3, -0.25) is 9.67 Å². The topological polar surface area (TPSA) is 55.6 Å². The number of aromatic nitrogens is 4. The summed E-state index contributed by atoms with van der Waals surface area (Å²) in [6.45, 7) is 3.02. The van der Waals surface area contributed by atoms with Gasteiger partial charge in [0, 0.05) is 37.1 Å². The Morgan fingerprint density at radius 3 is 3.06 bits per heavy atom. The third-order valence-corrected chi connectivity index (χ3v) is 3.28. The van der Waals surface area contributed by atoms with E-state index in [0.717, 1.165) is 18.8 Å². The summed E-state index contributed by atoms with van der Waals surface area (Å²) in [6.07, 6.45) is 4.48. The second kappa shape index (κ2) is 5.18. The van der Waals surface area contributed by atoms with Crippen molar-refractivity contribution in [3.63, 3.8) is 0 Å². The van der Waals surface area contributed by atoms with Crippen LogP contribution in [-0.4, -0.2) is 26.3 Å². The van der Waals surface area contributed by atoms with Gasteiger partial charge in [-0.2, -0.15) is 5.10 Å². The first kappa shape index (κ1) is 11.2. The molecule has 2 aromatic heterocycles. The minimum Gasteiger partial charge on any atom is -0.309 e. The number of rotatable bonds is 5. The maximum Gasteiger partial charge on any atom is 0.151 e. The Bertz CT molecular complexity index is 422. The van der Waals surface area contributed by atoms with Crippen LogP contribution in [0.4, 0.5) is 0 Å². The summed E-state index contributed by atoms with van der Waals surface area (Å²) in [7, 11) is 1.88. The molecule has 0 spiro atoms. The van der Waals surface area contributed by atoms with Crippen LogP contribution in [0.2, 0.25) is 0 Å². The molecule has 0 aliphatic heterocycles. The first-order chi connectivity index (χ1) is 7.75.